The average Bonchev–Trinajstić information content (AvgIpc) is 2.77. The Labute approximate surface area is 175 Å². The Morgan fingerprint density at radius 2 is 1.76 bits per heavy atom. The van der Waals surface area contributed by atoms with Crippen LogP contribution in [0.5, 0.6) is 0 Å². The third-order valence-electron chi connectivity index (χ3n) is 4.09. The van der Waals surface area contributed by atoms with Crippen LogP contribution < -0.4 is 10.6 Å². The molecule has 29 heavy (non-hydrogen) atoms. The van der Waals surface area contributed by atoms with Crippen LogP contribution in [0.4, 0.5) is 5.69 Å². The maximum Gasteiger partial charge on any atom is 0.144 e. The highest BCUT2D eigenvalue weighted by Crippen LogP contribution is 2.11. The number of allylic oxidation sites excluding steroid dienone is 3. The molecule has 4 heteroatoms. The van der Waals surface area contributed by atoms with Gasteiger partial charge in [0.2, 0.25) is 0 Å². The average molecular weight is 392 g/mol. The third kappa shape index (κ3) is 8.60. The maximum absolute atomic E-state index is 11.0. The lowest BCUT2D eigenvalue weighted by Crippen LogP contribution is -2.20. The number of nitrogens with zero attached hydrogens (tertiary/aromatic N) is 1. The lowest BCUT2D eigenvalue weighted by molar-refractivity contribution is -0.104. The van der Waals surface area contributed by atoms with E-state index >= 15 is 0 Å². The summed E-state index contributed by atoms with van der Waals surface area (Å²) in [5.41, 5.74) is 6.00. The summed E-state index contributed by atoms with van der Waals surface area (Å²) in [7, 11) is 1.79. The van der Waals surface area contributed by atoms with Crippen molar-refractivity contribution in [2.24, 2.45) is 4.99 Å². The van der Waals surface area contributed by atoms with Crippen molar-refractivity contribution in [2.45, 2.75) is 34.1 Å². The number of rotatable bonds is 9. The molecule has 0 aliphatic rings. The first-order valence-electron chi connectivity index (χ1n) is 10.1. The quantitative estimate of drug-likeness (QED) is 0.336. The minimum Gasteiger partial charge on any atom is -0.379 e. The highest BCUT2D eigenvalue weighted by atomic mass is 16.1. The molecule has 0 aliphatic carbocycles. The molecule has 2 rings (SSSR count). The van der Waals surface area contributed by atoms with Gasteiger partial charge in [-0.1, -0.05) is 62.7 Å². The van der Waals surface area contributed by atoms with Crippen molar-refractivity contribution < 1.29 is 4.79 Å². The Balaban J connectivity index is 0.00000204. The molecule has 0 atom stereocenters. The molecule has 0 fully saturated rings. The lowest BCUT2D eigenvalue weighted by atomic mass is 10.1. The summed E-state index contributed by atoms with van der Waals surface area (Å²) in [4.78, 5) is 15.5. The topological polar surface area (TPSA) is 53.5 Å². The molecular weight excluding hydrogens is 358 g/mol. The standard InChI is InChI=1S/C23H27N3O.C2H6/c1-4-20(16-23(24-3)19-10-8-9-18(2)15-19)26-22(13-14-27)17-25-21-11-6-5-7-12-21;1-2/h5-16,25-26H,4,17H2,1-3H3;1-2H3/b20-16+,22-13-,24-23?;. The normalized spacial score (nSPS) is 12.0. The molecule has 0 amide bonds. The van der Waals surface area contributed by atoms with Gasteiger partial charge in [0.15, 0.2) is 0 Å². The number of benzene rings is 2. The molecule has 0 bridgehead atoms. The van der Waals surface area contributed by atoms with Gasteiger partial charge in [0.25, 0.3) is 0 Å². The number of para-hydroxylation sites is 1. The molecule has 2 aromatic rings. The smallest absolute Gasteiger partial charge is 0.144 e. The number of carbonyl (C=O) groups is 1. The fourth-order valence-corrected chi connectivity index (χ4v) is 2.66. The van der Waals surface area contributed by atoms with Gasteiger partial charge in [-0.2, -0.15) is 0 Å². The van der Waals surface area contributed by atoms with Crippen LogP contribution in [0.2, 0.25) is 0 Å². The summed E-state index contributed by atoms with van der Waals surface area (Å²) in [5, 5.41) is 6.69. The second-order valence-electron chi connectivity index (χ2n) is 6.17. The zero-order valence-electron chi connectivity index (χ0n) is 18.2. The van der Waals surface area contributed by atoms with E-state index in [1.165, 1.54) is 5.56 Å². The van der Waals surface area contributed by atoms with Crippen LogP contribution in [-0.4, -0.2) is 25.6 Å². The Hall–Kier alpha value is -3.14. The molecule has 0 aromatic heterocycles. The lowest BCUT2D eigenvalue weighted by Gasteiger charge is -2.15. The largest absolute Gasteiger partial charge is 0.379 e. The Morgan fingerprint density at radius 3 is 2.34 bits per heavy atom. The highest BCUT2D eigenvalue weighted by Gasteiger charge is 2.05. The van der Waals surface area contributed by atoms with Gasteiger partial charge in [0, 0.05) is 24.1 Å². The van der Waals surface area contributed by atoms with Crippen molar-refractivity contribution in [1.29, 1.82) is 0 Å². The molecule has 154 valence electrons. The number of hydrogen-bond acceptors (Lipinski definition) is 4. The summed E-state index contributed by atoms with van der Waals surface area (Å²) < 4.78 is 0. The van der Waals surface area contributed by atoms with Crippen LogP contribution >= 0.6 is 0 Å². The summed E-state index contributed by atoms with van der Waals surface area (Å²) in [6, 6.07) is 18.2. The van der Waals surface area contributed by atoms with Crippen LogP contribution in [0.15, 0.2) is 83.1 Å². The van der Waals surface area contributed by atoms with E-state index in [-0.39, 0.29) is 0 Å². The second kappa shape index (κ2) is 13.9. The van der Waals surface area contributed by atoms with E-state index in [4.69, 9.17) is 0 Å². The van der Waals surface area contributed by atoms with Gasteiger partial charge >= 0.3 is 0 Å². The predicted molar refractivity (Wildman–Crippen MR) is 126 cm³/mol. The molecule has 0 radical (unpaired) electrons. The number of nitrogens with one attached hydrogen (secondary N) is 2. The Bertz CT molecular complexity index is 836. The van der Waals surface area contributed by atoms with Crippen LogP contribution in [0.25, 0.3) is 0 Å². The van der Waals surface area contributed by atoms with E-state index in [2.05, 4.69) is 47.7 Å². The predicted octanol–water partition coefficient (Wildman–Crippen LogP) is 5.52. The number of carbonyl (C=O) groups excluding carboxylic acids is 1. The van der Waals surface area contributed by atoms with Gasteiger partial charge in [-0.15, -0.1) is 0 Å². The van der Waals surface area contributed by atoms with Crippen molar-refractivity contribution in [3.63, 3.8) is 0 Å². The molecule has 4 nitrogen and oxygen atoms in total. The second-order valence-corrected chi connectivity index (χ2v) is 6.17. The zero-order valence-corrected chi connectivity index (χ0v) is 18.2. The summed E-state index contributed by atoms with van der Waals surface area (Å²) >= 11 is 0. The SMILES string of the molecule is CC.CC/C(=C\C(=NC)c1cccc(C)c1)N/C(=C\C=O)CNc1ccccc1. The Morgan fingerprint density at radius 1 is 1.03 bits per heavy atom. The summed E-state index contributed by atoms with van der Waals surface area (Å²) in [6.07, 6.45) is 5.19. The minimum absolute atomic E-state index is 0.531. The van der Waals surface area contributed by atoms with Crippen LogP contribution in [0, 0.1) is 6.92 Å². The van der Waals surface area contributed by atoms with E-state index in [0.717, 1.165) is 41.1 Å². The summed E-state index contributed by atoms with van der Waals surface area (Å²) in [5.74, 6) is 0. The third-order valence-corrected chi connectivity index (χ3v) is 4.09. The van der Waals surface area contributed by atoms with Crippen LogP contribution in [0.3, 0.4) is 0 Å². The fraction of sp³-hybridized carbons (Fsp3) is 0.280. The zero-order chi connectivity index (χ0) is 21.5. The van der Waals surface area contributed by atoms with Crippen LogP contribution in [-0.2, 0) is 4.79 Å². The minimum atomic E-state index is 0.531. The first-order valence-corrected chi connectivity index (χ1v) is 10.1. The van der Waals surface area contributed by atoms with Gasteiger partial charge in [-0.25, -0.2) is 0 Å². The van der Waals surface area contributed by atoms with Gasteiger partial charge < -0.3 is 10.6 Å². The number of aliphatic imine (C=N–C) groups is 1. The van der Waals surface area contributed by atoms with E-state index in [9.17, 15) is 4.79 Å². The van der Waals surface area contributed by atoms with E-state index in [0.29, 0.717) is 6.54 Å². The number of aryl methyl sites for hydroxylation is 1. The molecular formula is C25H33N3O. The fourth-order valence-electron chi connectivity index (χ4n) is 2.66. The monoisotopic (exact) mass is 391 g/mol. The number of hydrogen-bond donors (Lipinski definition) is 2. The number of aldehydes is 1. The van der Waals surface area contributed by atoms with Crippen molar-refractivity contribution in [1.82, 2.24) is 5.32 Å². The molecule has 0 saturated heterocycles. The molecule has 0 heterocycles. The summed E-state index contributed by atoms with van der Waals surface area (Å²) in [6.45, 7) is 8.67. The van der Waals surface area contributed by atoms with Crippen molar-refractivity contribution in [3.8, 4) is 0 Å². The number of anilines is 1. The van der Waals surface area contributed by atoms with E-state index in [1.54, 1.807) is 13.1 Å². The van der Waals surface area contributed by atoms with Gasteiger partial charge in [0.05, 0.1) is 12.3 Å². The van der Waals surface area contributed by atoms with Gasteiger partial charge in [-0.3, -0.25) is 9.79 Å². The van der Waals surface area contributed by atoms with Crippen molar-refractivity contribution in [2.75, 3.05) is 18.9 Å². The Kier molecular flexibility index (Phi) is 11.5. The molecule has 0 spiro atoms. The molecule has 0 saturated carbocycles. The first-order chi connectivity index (χ1) is 14.2. The van der Waals surface area contributed by atoms with Gasteiger partial charge in [0.1, 0.15) is 6.29 Å². The first kappa shape index (κ1) is 23.9. The molecule has 0 unspecified atom stereocenters. The van der Waals surface area contributed by atoms with Crippen molar-refractivity contribution in [3.05, 3.63) is 89.3 Å². The maximum atomic E-state index is 11.0. The molecule has 2 N–H and O–H groups in total. The van der Waals surface area contributed by atoms with E-state index in [1.807, 2.05) is 56.3 Å². The van der Waals surface area contributed by atoms with E-state index < -0.39 is 0 Å². The van der Waals surface area contributed by atoms with Gasteiger partial charge in [-0.05, 0) is 49.3 Å². The molecule has 2 aromatic carbocycles. The van der Waals surface area contributed by atoms with Crippen LogP contribution in [0.1, 0.15) is 38.3 Å². The highest BCUT2D eigenvalue weighted by molar-refractivity contribution is 6.09. The molecule has 0 aliphatic heterocycles. The van der Waals surface area contributed by atoms with Crippen molar-refractivity contribution >= 4 is 17.7 Å².